The van der Waals surface area contributed by atoms with Crippen molar-refractivity contribution in [2.24, 2.45) is 5.10 Å². The summed E-state index contributed by atoms with van der Waals surface area (Å²) in [6.45, 7) is 3.77. The summed E-state index contributed by atoms with van der Waals surface area (Å²) in [4.78, 5) is 2.36. The smallest absolute Gasteiger partial charge is 0.0554 e. The van der Waals surface area contributed by atoms with E-state index >= 15 is 0 Å². The summed E-state index contributed by atoms with van der Waals surface area (Å²) in [5.41, 5.74) is 2.32. The van der Waals surface area contributed by atoms with Gasteiger partial charge in [0.2, 0.25) is 0 Å². The molecule has 0 amide bonds. The van der Waals surface area contributed by atoms with Crippen LogP contribution in [0.3, 0.4) is 0 Å². The highest BCUT2D eigenvalue weighted by Gasteiger charge is 2.15. The summed E-state index contributed by atoms with van der Waals surface area (Å²) in [5.74, 6) is 0. The van der Waals surface area contributed by atoms with Crippen LogP contribution in [0.2, 0.25) is 5.02 Å². The number of hydrazone groups is 1. The van der Waals surface area contributed by atoms with Crippen molar-refractivity contribution >= 4 is 39.4 Å². The summed E-state index contributed by atoms with van der Waals surface area (Å²) >= 11 is 9.47. The van der Waals surface area contributed by atoms with E-state index in [0.29, 0.717) is 0 Å². The van der Waals surface area contributed by atoms with E-state index in [-0.39, 0.29) is 0 Å². The predicted molar refractivity (Wildman–Crippen MR) is 97.0 cm³/mol. The van der Waals surface area contributed by atoms with E-state index in [1.807, 2.05) is 36.5 Å². The second-order valence-corrected chi connectivity index (χ2v) is 6.47. The normalized spacial score (nSPS) is 15.5. The Kier molecular flexibility index (Phi) is 5.01. The SMILES string of the molecule is Clc1ccc(N2CCN(/N=C/c3ccccc3Br)CC2)cc1. The molecule has 0 atom stereocenters. The number of rotatable bonds is 3. The molecule has 0 N–H and O–H groups in total. The Morgan fingerprint density at radius 1 is 0.955 bits per heavy atom. The lowest BCUT2D eigenvalue weighted by Crippen LogP contribution is -2.44. The Balaban J connectivity index is 1.58. The van der Waals surface area contributed by atoms with Gasteiger partial charge in [-0.3, -0.25) is 5.01 Å². The zero-order valence-electron chi connectivity index (χ0n) is 12.1. The molecule has 1 fully saturated rings. The fraction of sp³-hybridized carbons (Fsp3) is 0.235. The van der Waals surface area contributed by atoms with E-state index in [4.69, 9.17) is 11.6 Å². The van der Waals surface area contributed by atoms with Gasteiger partial charge in [0, 0.05) is 33.8 Å². The molecule has 2 aromatic rings. The molecule has 3 nitrogen and oxygen atoms in total. The molecule has 0 radical (unpaired) electrons. The highest BCUT2D eigenvalue weighted by molar-refractivity contribution is 9.10. The first-order valence-electron chi connectivity index (χ1n) is 7.26. The maximum Gasteiger partial charge on any atom is 0.0554 e. The zero-order valence-corrected chi connectivity index (χ0v) is 14.5. The largest absolute Gasteiger partial charge is 0.368 e. The Labute approximate surface area is 144 Å². The predicted octanol–water partition coefficient (Wildman–Crippen LogP) is 4.26. The second kappa shape index (κ2) is 7.16. The Hall–Kier alpha value is -1.52. The molecule has 0 bridgehead atoms. The minimum Gasteiger partial charge on any atom is -0.368 e. The third kappa shape index (κ3) is 3.81. The first-order valence-corrected chi connectivity index (χ1v) is 8.43. The minimum absolute atomic E-state index is 0.778. The molecular formula is C17H17BrClN3. The van der Waals surface area contributed by atoms with Crippen molar-refractivity contribution in [1.82, 2.24) is 5.01 Å². The van der Waals surface area contributed by atoms with Crippen LogP contribution < -0.4 is 4.90 Å². The molecule has 3 rings (SSSR count). The standard InChI is InChI=1S/C17H17BrClN3/c18-17-4-2-1-3-14(17)13-20-22-11-9-21(10-12-22)16-7-5-15(19)6-8-16/h1-8,13H,9-12H2/b20-13+. The summed E-state index contributed by atoms with van der Waals surface area (Å²) in [5, 5.41) is 7.48. The zero-order chi connectivity index (χ0) is 15.4. The van der Waals surface area contributed by atoms with Crippen molar-refractivity contribution in [1.29, 1.82) is 0 Å². The number of halogens is 2. The summed E-state index contributed by atoms with van der Waals surface area (Å²) in [7, 11) is 0. The lowest BCUT2D eigenvalue weighted by atomic mass is 10.2. The molecule has 1 aliphatic heterocycles. The van der Waals surface area contributed by atoms with Crippen molar-refractivity contribution in [2.75, 3.05) is 31.1 Å². The van der Waals surface area contributed by atoms with Gasteiger partial charge in [0.05, 0.1) is 19.3 Å². The molecular weight excluding hydrogens is 362 g/mol. The lowest BCUT2D eigenvalue weighted by molar-refractivity contribution is 0.272. The van der Waals surface area contributed by atoms with E-state index in [9.17, 15) is 0 Å². The monoisotopic (exact) mass is 377 g/mol. The maximum absolute atomic E-state index is 5.94. The van der Waals surface area contributed by atoms with Crippen molar-refractivity contribution in [3.05, 3.63) is 63.6 Å². The average Bonchev–Trinajstić information content (AvgIpc) is 2.55. The van der Waals surface area contributed by atoms with E-state index < -0.39 is 0 Å². The average molecular weight is 379 g/mol. The molecule has 1 aliphatic rings. The molecule has 1 heterocycles. The molecule has 22 heavy (non-hydrogen) atoms. The van der Waals surface area contributed by atoms with Gasteiger partial charge in [0.1, 0.15) is 0 Å². The van der Waals surface area contributed by atoms with Crippen molar-refractivity contribution in [3.8, 4) is 0 Å². The highest BCUT2D eigenvalue weighted by atomic mass is 79.9. The van der Waals surface area contributed by atoms with Gasteiger partial charge in [-0.2, -0.15) is 5.10 Å². The minimum atomic E-state index is 0.778. The van der Waals surface area contributed by atoms with E-state index in [2.05, 4.69) is 49.1 Å². The Bertz CT molecular complexity index is 649. The van der Waals surface area contributed by atoms with Crippen LogP contribution in [0, 0.1) is 0 Å². The van der Waals surface area contributed by atoms with Crippen molar-refractivity contribution in [3.63, 3.8) is 0 Å². The number of hydrogen-bond acceptors (Lipinski definition) is 3. The second-order valence-electron chi connectivity index (χ2n) is 5.18. The first-order chi connectivity index (χ1) is 10.7. The fourth-order valence-electron chi connectivity index (χ4n) is 2.45. The summed E-state index contributed by atoms with van der Waals surface area (Å²) in [6.07, 6.45) is 1.92. The molecule has 0 aromatic heterocycles. The van der Waals surface area contributed by atoms with Gasteiger partial charge in [-0.1, -0.05) is 45.7 Å². The van der Waals surface area contributed by atoms with Crippen molar-refractivity contribution in [2.45, 2.75) is 0 Å². The molecule has 0 aliphatic carbocycles. The molecule has 0 spiro atoms. The van der Waals surface area contributed by atoms with Crippen LogP contribution >= 0.6 is 27.5 Å². The van der Waals surface area contributed by atoms with Gasteiger partial charge in [-0.15, -0.1) is 0 Å². The van der Waals surface area contributed by atoms with Gasteiger partial charge in [0.25, 0.3) is 0 Å². The number of anilines is 1. The summed E-state index contributed by atoms with van der Waals surface area (Å²) < 4.78 is 1.07. The van der Waals surface area contributed by atoms with Crippen LogP contribution in [0.25, 0.3) is 0 Å². The lowest BCUT2D eigenvalue weighted by Gasteiger charge is -2.34. The summed E-state index contributed by atoms with van der Waals surface area (Å²) in [6, 6.07) is 16.1. The van der Waals surface area contributed by atoms with Gasteiger partial charge in [-0.25, -0.2) is 0 Å². The number of nitrogens with zero attached hydrogens (tertiary/aromatic N) is 3. The van der Waals surface area contributed by atoms with E-state index in [0.717, 1.165) is 41.2 Å². The van der Waals surface area contributed by atoms with Crippen LogP contribution in [-0.2, 0) is 0 Å². The topological polar surface area (TPSA) is 18.8 Å². The fourth-order valence-corrected chi connectivity index (χ4v) is 2.96. The van der Waals surface area contributed by atoms with E-state index in [1.165, 1.54) is 5.69 Å². The van der Waals surface area contributed by atoms with Crippen LogP contribution in [0.15, 0.2) is 58.1 Å². The number of benzene rings is 2. The number of hydrogen-bond donors (Lipinski definition) is 0. The third-order valence-electron chi connectivity index (χ3n) is 3.71. The quantitative estimate of drug-likeness (QED) is 0.743. The molecule has 2 aromatic carbocycles. The van der Waals surface area contributed by atoms with E-state index in [1.54, 1.807) is 0 Å². The maximum atomic E-state index is 5.94. The Morgan fingerprint density at radius 3 is 2.32 bits per heavy atom. The van der Waals surface area contributed by atoms with Gasteiger partial charge in [0.15, 0.2) is 0 Å². The highest BCUT2D eigenvalue weighted by Crippen LogP contribution is 2.19. The van der Waals surface area contributed by atoms with Gasteiger partial charge in [-0.05, 0) is 30.3 Å². The molecule has 114 valence electrons. The molecule has 0 saturated carbocycles. The van der Waals surface area contributed by atoms with Crippen LogP contribution in [0.5, 0.6) is 0 Å². The van der Waals surface area contributed by atoms with Crippen LogP contribution in [0.1, 0.15) is 5.56 Å². The van der Waals surface area contributed by atoms with Crippen molar-refractivity contribution < 1.29 is 0 Å². The van der Waals surface area contributed by atoms with Crippen LogP contribution in [-0.4, -0.2) is 37.4 Å². The molecule has 5 heteroatoms. The number of piperazine rings is 1. The Morgan fingerprint density at radius 2 is 1.64 bits per heavy atom. The third-order valence-corrected chi connectivity index (χ3v) is 4.69. The van der Waals surface area contributed by atoms with Crippen LogP contribution in [0.4, 0.5) is 5.69 Å². The van der Waals surface area contributed by atoms with Gasteiger partial charge >= 0.3 is 0 Å². The molecule has 1 saturated heterocycles. The molecule has 0 unspecified atom stereocenters. The first kappa shape index (κ1) is 15.4. The van der Waals surface area contributed by atoms with Gasteiger partial charge < -0.3 is 4.90 Å².